The number of carboxylic acids is 1. The van der Waals surface area contributed by atoms with Gasteiger partial charge < -0.3 is 76.1 Å². The minimum Gasteiger partial charge on any atom is -0.481 e. The van der Waals surface area contributed by atoms with Gasteiger partial charge in [-0.25, -0.2) is 9.79 Å². The van der Waals surface area contributed by atoms with E-state index in [1.165, 1.54) is 0 Å². The molecule has 3 atom stereocenters. The zero-order valence-corrected chi connectivity index (χ0v) is 64.3. The van der Waals surface area contributed by atoms with Crippen molar-refractivity contribution in [1.29, 1.82) is 0 Å². The van der Waals surface area contributed by atoms with Crippen LogP contribution in [0.4, 0.5) is 4.79 Å². The smallest absolute Gasteiger partial charge is 0.431 e. The van der Waals surface area contributed by atoms with Crippen LogP contribution in [0.5, 0.6) is 0 Å². The molecule has 0 aliphatic rings. The molecule has 0 aliphatic carbocycles. The van der Waals surface area contributed by atoms with Crippen molar-refractivity contribution >= 4 is 49.8 Å². The maximum Gasteiger partial charge on any atom is 0.431 e. The second-order valence-corrected chi connectivity index (χ2v) is 26.6. The third-order valence-corrected chi connectivity index (χ3v) is 17.7. The first-order chi connectivity index (χ1) is 54.9. The van der Waals surface area contributed by atoms with Gasteiger partial charge in [0.05, 0.1) is 24.3 Å². The van der Waals surface area contributed by atoms with Crippen molar-refractivity contribution in [1.82, 2.24) is 31.8 Å². The number of urea groups is 1. The van der Waals surface area contributed by atoms with Gasteiger partial charge >= 0.3 is 26.1 Å². The molecule has 0 saturated carbocycles. The van der Waals surface area contributed by atoms with E-state index in [4.69, 9.17) is 34.4 Å². The maximum absolute atomic E-state index is 13.3. The predicted molar refractivity (Wildman–Crippen MR) is 457 cm³/mol. The van der Waals surface area contributed by atoms with E-state index in [0.29, 0.717) is 90.7 Å². The minimum absolute atomic E-state index is 0.0283. The van der Waals surface area contributed by atoms with Crippen molar-refractivity contribution in [2.75, 3.05) is 0 Å². The Morgan fingerprint density at radius 2 is 0.628 bits per heavy atom. The lowest BCUT2D eigenvalue weighted by Crippen LogP contribution is -2.45. The van der Waals surface area contributed by atoms with E-state index in [0.717, 1.165) is 89.0 Å². The van der Waals surface area contributed by atoms with E-state index in [9.17, 15) is 34.3 Å². The van der Waals surface area contributed by atoms with E-state index in [1.807, 2.05) is 291 Å². The molecule has 21 nitrogen and oxygen atoms in total. The number of aliphatic carboxylic acids is 1. The highest BCUT2D eigenvalue weighted by molar-refractivity contribution is 6.52. The van der Waals surface area contributed by atoms with E-state index in [1.54, 1.807) is 13.6 Å². The van der Waals surface area contributed by atoms with Gasteiger partial charge in [-0.2, -0.15) is 0 Å². The second-order valence-electron chi connectivity index (χ2n) is 26.6. The van der Waals surface area contributed by atoms with Crippen LogP contribution in [0.1, 0.15) is 107 Å². The summed E-state index contributed by atoms with van der Waals surface area (Å²) in [5.41, 5.74) is 50.2. The number of hydrogen-bond acceptors (Lipinski definition) is 13. The Balaban J connectivity index is 0.000000211. The summed E-state index contributed by atoms with van der Waals surface area (Å²) in [6.07, 6.45) is 1.82. The molecule has 0 aliphatic heterocycles. The normalized spacial score (nSPS) is 11.5. The van der Waals surface area contributed by atoms with Crippen LogP contribution in [0, 0.1) is 0 Å². The fourth-order valence-electron chi connectivity index (χ4n) is 11.9. The van der Waals surface area contributed by atoms with E-state index < -0.39 is 32.0 Å². The van der Waals surface area contributed by atoms with Gasteiger partial charge in [-0.05, 0) is 122 Å². The number of aliphatic imine (C=N–C) groups is 1. The minimum atomic E-state index is -0.843. The molecule has 11 aromatic rings. The van der Waals surface area contributed by atoms with Gasteiger partial charge in [0, 0.05) is 58.9 Å². The Hall–Kier alpha value is -12.3. The van der Waals surface area contributed by atoms with Gasteiger partial charge in [0.25, 0.3) is 0 Å². The average Bonchev–Trinajstić information content (AvgIpc) is 0.845. The lowest BCUT2D eigenvalue weighted by Gasteiger charge is -2.18. The number of amides is 4. The van der Waals surface area contributed by atoms with Crippen LogP contribution in [-0.2, 0) is 99.1 Å². The van der Waals surface area contributed by atoms with Crippen molar-refractivity contribution in [3.05, 3.63) is 392 Å². The number of guanidine groups is 2. The molecular weight excluding hydrogens is 1410 g/mol. The molecule has 0 saturated heterocycles. The summed E-state index contributed by atoms with van der Waals surface area (Å²) in [6.45, 7) is 7.78. The first-order valence-electron chi connectivity index (χ1n) is 37.6. The molecule has 21 N–H and O–H groups in total. The van der Waals surface area contributed by atoms with Gasteiger partial charge in [0.15, 0.2) is 11.9 Å². The largest absolute Gasteiger partial charge is 0.481 e. The third kappa shape index (κ3) is 33.4. The Morgan fingerprint density at radius 1 is 0.354 bits per heavy atom. The summed E-state index contributed by atoms with van der Waals surface area (Å²) in [5.74, 6) is -1.38. The van der Waals surface area contributed by atoms with E-state index in [-0.39, 0.29) is 29.6 Å². The van der Waals surface area contributed by atoms with Gasteiger partial charge in [-0.15, -0.1) is 0 Å². The summed E-state index contributed by atoms with van der Waals surface area (Å²) in [6, 6.07) is 97.9. The molecular formula is C90H106B2N14O7. The number of nitrogens with one attached hydrogen (secondary N) is 6. The Morgan fingerprint density at radius 3 is 0.965 bits per heavy atom. The number of carbonyl (C=O) groups excluding carboxylic acids is 3. The molecule has 4 amide bonds. The van der Waals surface area contributed by atoms with Crippen LogP contribution in [0.3, 0.4) is 0 Å². The molecule has 113 heavy (non-hydrogen) atoms. The summed E-state index contributed by atoms with van der Waals surface area (Å²) < 4.78 is 0. The summed E-state index contributed by atoms with van der Waals surface area (Å²) in [4.78, 5) is 58.0. The Bertz CT molecular complexity index is 4650. The summed E-state index contributed by atoms with van der Waals surface area (Å²) >= 11 is 0. The molecule has 0 heterocycles. The molecule has 584 valence electrons. The van der Waals surface area contributed by atoms with Crippen molar-refractivity contribution < 1.29 is 34.3 Å². The van der Waals surface area contributed by atoms with Gasteiger partial charge in [-0.1, -0.05) is 303 Å². The highest BCUT2D eigenvalue weighted by atomic mass is 16.4. The first-order valence-corrected chi connectivity index (χ1v) is 37.6. The molecule has 11 aromatic carbocycles. The third-order valence-electron chi connectivity index (χ3n) is 17.7. The Kier molecular flexibility index (Phi) is 38.7. The molecule has 23 heteroatoms. The zero-order valence-electron chi connectivity index (χ0n) is 64.3. The topological polar surface area (TPSA) is 382 Å². The first kappa shape index (κ1) is 87.9. The van der Waals surface area contributed by atoms with Crippen molar-refractivity contribution in [2.24, 2.45) is 44.3 Å². The molecule has 11 rings (SSSR count). The highest BCUT2D eigenvalue weighted by Crippen LogP contribution is 2.25. The van der Waals surface area contributed by atoms with Crippen molar-refractivity contribution in [3.63, 3.8) is 0 Å². The predicted octanol–water partition coefficient (Wildman–Crippen LogP) is 11.0. The maximum atomic E-state index is 13.3. The molecule has 0 radical (unpaired) electrons. The van der Waals surface area contributed by atoms with Crippen LogP contribution in [0.15, 0.2) is 313 Å². The van der Waals surface area contributed by atoms with Crippen LogP contribution in [0.2, 0.25) is 13.6 Å². The van der Waals surface area contributed by atoms with Gasteiger partial charge in [-0.3, -0.25) is 24.6 Å². The average molecular weight is 1520 g/mol. The van der Waals surface area contributed by atoms with Crippen LogP contribution in [-0.4, -0.2) is 65.0 Å². The molecule has 0 fully saturated rings. The van der Waals surface area contributed by atoms with Gasteiger partial charge in [0.1, 0.15) is 0 Å². The number of nitrogens with two attached hydrogens (primary N) is 6. The van der Waals surface area contributed by atoms with Crippen molar-refractivity contribution in [2.45, 2.75) is 116 Å². The number of hydrogen-bond donors (Lipinski definition) is 15. The van der Waals surface area contributed by atoms with Gasteiger partial charge in [0.2, 0.25) is 11.8 Å². The number of nitrogens with zero attached hydrogens (tertiary/aromatic N) is 2. The standard InChI is InChI=1S/C33H36N6O2.C23H24N2O.C15H14O2.C11H20B2N4O2.C8H12N2/c34-20-25-11-7-12-26(17-25)22-37-32(35)39-33(41)38-23-28-14-8-13-27(18-28)21-36-31(40)30(29-15-5-2-6-16-29)19-24-9-3-1-4-10-24;24-16-19-10-7-11-20(14-19)17-25-23(26)22(21-12-5-2-6-13-21)15-18-8-3-1-4-9-18;16-15(17)14(13-9-5-2-6-10-13)11-12-7-3-1-4-8-12;1-12(18)16-11(17-13(2)19)15-8-10-5-3-4-9(6-10)7-14;9-5-7-2-1-3-8(4-7)6-10/h1-18,30H,19-23,34H2,(H,36,40)(H4,35,37,38,39,41);1-14,22H,15-17,24H2,(H,25,26);1-10,14H,11H2,(H,16,17);3-6,18-19H,7-8,14H2,1-2H3,(H2,15,16,17);1-4H,5-6,9-10H2. The van der Waals surface area contributed by atoms with Crippen LogP contribution < -0.4 is 66.2 Å². The second kappa shape index (κ2) is 49.8. The van der Waals surface area contributed by atoms with E-state index in [2.05, 4.69) is 53.8 Å². The fourth-order valence-corrected chi connectivity index (χ4v) is 11.9. The van der Waals surface area contributed by atoms with E-state index >= 15 is 0 Å². The Labute approximate surface area is 665 Å². The summed E-state index contributed by atoms with van der Waals surface area (Å²) in [5, 5.41) is 45.1. The molecule has 3 unspecified atom stereocenters. The fraction of sp³-hybridized carbons (Fsp3) is 0.200. The number of carbonyl (C=O) groups is 4. The highest BCUT2D eigenvalue weighted by Gasteiger charge is 2.24. The van der Waals surface area contributed by atoms with Crippen LogP contribution >= 0.6 is 0 Å². The van der Waals surface area contributed by atoms with Crippen LogP contribution in [0.25, 0.3) is 0 Å². The SMILES string of the molecule is CB(O)N=C(NCc1cccc(CN)c1)NB(C)O.NCc1cccc(CN)c1.NCc1cccc(CN=C(N)NC(=O)NCc2cccc(CNC(=O)C(Cc3ccccc3)c3ccccc3)c2)c1.NCc1cccc(CNC(=O)C(Cc2ccccc2)c2ccccc2)c1.O=C(O)C(Cc1ccccc1)c1ccccc1. The molecule has 0 spiro atoms. The zero-order chi connectivity index (χ0) is 80.8. The molecule has 0 aromatic heterocycles. The molecule has 0 bridgehead atoms. The number of benzene rings is 11. The summed E-state index contributed by atoms with van der Waals surface area (Å²) in [7, 11) is -1.59. The van der Waals surface area contributed by atoms with Crippen molar-refractivity contribution in [3.8, 4) is 0 Å². The number of carboxylic acid groups (broad SMARTS) is 1. The quantitative estimate of drug-likeness (QED) is 0.0118. The lowest BCUT2D eigenvalue weighted by molar-refractivity contribution is -0.138. The number of rotatable bonds is 29. The lowest BCUT2D eigenvalue weighted by atomic mass is 9.88. The monoisotopic (exact) mass is 1520 g/mol.